The number of rotatable bonds is 4. The zero-order chi connectivity index (χ0) is 13.3. The molecule has 0 radical (unpaired) electrons. The summed E-state index contributed by atoms with van der Waals surface area (Å²) in [5, 5.41) is 0. The molecule has 1 fully saturated rings. The van der Waals surface area contributed by atoms with E-state index >= 15 is 0 Å². The van der Waals surface area contributed by atoms with Gasteiger partial charge >= 0.3 is 0 Å². The topological polar surface area (TPSA) is 18.5 Å². The fourth-order valence-electron chi connectivity index (χ4n) is 2.32. The summed E-state index contributed by atoms with van der Waals surface area (Å²) in [4.78, 5) is 0. The molecule has 1 aromatic rings. The van der Waals surface area contributed by atoms with Crippen molar-refractivity contribution >= 4 is 0 Å². The summed E-state index contributed by atoms with van der Waals surface area (Å²) in [5.41, 5.74) is 1.08. The van der Waals surface area contributed by atoms with Crippen molar-refractivity contribution in [2.45, 2.75) is 52.1 Å². The summed E-state index contributed by atoms with van der Waals surface area (Å²) < 4.78 is 11.6. The summed E-state index contributed by atoms with van der Waals surface area (Å²) in [6.07, 6.45) is 2.68. The largest absolute Gasteiger partial charge is 0.493 e. The van der Waals surface area contributed by atoms with Gasteiger partial charge in [0.05, 0.1) is 7.11 Å². The fourth-order valence-corrected chi connectivity index (χ4v) is 2.32. The van der Waals surface area contributed by atoms with Crippen LogP contribution in [0.1, 0.15) is 52.0 Å². The normalized spacial score (nSPS) is 17.4. The molecule has 0 heterocycles. The minimum absolute atomic E-state index is 0.202. The summed E-state index contributed by atoms with van der Waals surface area (Å²) >= 11 is 0. The van der Waals surface area contributed by atoms with Gasteiger partial charge in [-0.1, -0.05) is 19.1 Å². The predicted octanol–water partition coefficient (Wildman–Crippen LogP) is 4.39. The molecule has 2 nitrogen and oxygen atoms in total. The third-order valence-corrected chi connectivity index (χ3v) is 3.46. The Labute approximate surface area is 110 Å². The molecule has 2 rings (SSSR count). The van der Waals surface area contributed by atoms with Crippen LogP contribution in [0.2, 0.25) is 0 Å². The molecule has 1 aromatic carbocycles. The van der Waals surface area contributed by atoms with Gasteiger partial charge in [-0.2, -0.15) is 0 Å². The molecule has 1 aliphatic carbocycles. The highest BCUT2D eigenvalue weighted by Crippen LogP contribution is 2.47. The lowest BCUT2D eigenvalue weighted by atomic mass is 9.95. The number of para-hydroxylation sites is 1. The lowest BCUT2D eigenvalue weighted by Crippen LogP contribution is -2.24. The molecule has 0 saturated heterocycles. The van der Waals surface area contributed by atoms with Crippen LogP contribution < -0.4 is 9.47 Å². The standard InChI is InChI=1S/C16H24O2/c1-11(12-9-10-12)13-7-6-8-14(17-5)15(13)18-16(2,3)4/h6-8,11-12H,9-10H2,1-5H3/t11-/m1/s1. The lowest BCUT2D eigenvalue weighted by Gasteiger charge is -2.26. The smallest absolute Gasteiger partial charge is 0.165 e. The molecular weight excluding hydrogens is 224 g/mol. The van der Waals surface area contributed by atoms with Gasteiger partial charge in [-0.3, -0.25) is 0 Å². The molecular formula is C16H24O2. The molecule has 0 bridgehead atoms. The summed E-state index contributed by atoms with van der Waals surface area (Å²) in [5.74, 6) is 3.14. The van der Waals surface area contributed by atoms with Crippen molar-refractivity contribution in [3.8, 4) is 11.5 Å². The summed E-state index contributed by atoms with van der Waals surface area (Å²) in [7, 11) is 1.70. The van der Waals surface area contributed by atoms with E-state index in [0.29, 0.717) is 5.92 Å². The van der Waals surface area contributed by atoms with Crippen LogP contribution in [-0.2, 0) is 0 Å². The van der Waals surface area contributed by atoms with E-state index in [1.807, 2.05) is 6.07 Å². The van der Waals surface area contributed by atoms with E-state index in [1.165, 1.54) is 18.4 Å². The second kappa shape index (κ2) is 4.83. The molecule has 1 aliphatic rings. The monoisotopic (exact) mass is 248 g/mol. The first kappa shape index (κ1) is 13.3. The maximum Gasteiger partial charge on any atom is 0.165 e. The maximum absolute atomic E-state index is 6.13. The Morgan fingerprint density at radius 1 is 1.22 bits per heavy atom. The predicted molar refractivity (Wildman–Crippen MR) is 74.5 cm³/mol. The molecule has 0 spiro atoms. The van der Waals surface area contributed by atoms with Crippen LogP contribution in [0.3, 0.4) is 0 Å². The minimum atomic E-state index is -0.202. The van der Waals surface area contributed by atoms with Crippen LogP contribution >= 0.6 is 0 Å². The van der Waals surface area contributed by atoms with Crippen LogP contribution in [0.5, 0.6) is 11.5 Å². The van der Waals surface area contributed by atoms with Crippen molar-refractivity contribution in [2.75, 3.05) is 7.11 Å². The average molecular weight is 248 g/mol. The van der Waals surface area contributed by atoms with Gasteiger partial charge in [0, 0.05) is 5.56 Å². The molecule has 0 amide bonds. The Morgan fingerprint density at radius 3 is 2.39 bits per heavy atom. The van der Waals surface area contributed by atoms with Crippen LogP contribution in [0.15, 0.2) is 18.2 Å². The second-order valence-corrected chi connectivity index (χ2v) is 6.22. The average Bonchev–Trinajstić information content (AvgIpc) is 3.10. The number of hydrogen-bond acceptors (Lipinski definition) is 2. The first-order chi connectivity index (χ1) is 8.42. The van der Waals surface area contributed by atoms with Gasteiger partial charge in [-0.15, -0.1) is 0 Å². The van der Waals surface area contributed by atoms with Crippen LogP contribution in [0.4, 0.5) is 0 Å². The van der Waals surface area contributed by atoms with E-state index in [-0.39, 0.29) is 5.60 Å². The van der Waals surface area contributed by atoms with E-state index < -0.39 is 0 Å². The van der Waals surface area contributed by atoms with Crippen molar-refractivity contribution in [2.24, 2.45) is 5.92 Å². The highest BCUT2D eigenvalue weighted by atomic mass is 16.5. The summed E-state index contributed by atoms with van der Waals surface area (Å²) in [6, 6.07) is 6.21. The Kier molecular flexibility index (Phi) is 3.56. The molecule has 0 unspecified atom stereocenters. The molecule has 1 atom stereocenters. The maximum atomic E-state index is 6.13. The van der Waals surface area contributed by atoms with Gasteiger partial charge in [0.1, 0.15) is 5.60 Å². The van der Waals surface area contributed by atoms with E-state index in [9.17, 15) is 0 Å². The Morgan fingerprint density at radius 2 is 1.89 bits per heavy atom. The van der Waals surface area contributed by atoms with Crippen molar-refractivity contribution in [1.82, 2.24) is 0 Å². The van der Waals surface area contributed by atoms with Gasteiger partial charge in [-0.05, 0) is 51.5 Å². The second-order valence-electron chi connectivity index (χ2n) is 6.22. The molecule has 0 aliphatic heterocycles. The fraction of sp³-hybridized carbons (Fsp3) is 0.625. The highest BCUT2D eigenvalue weighted by molar-refractivity contribution is 5.49. The molecule has 0 aromatic heterocycles. The third kappa shape index (κ3) is 2.98. The van der Waals surface area contributed by atoms with Crippen LogP contribution in [-0.4, -0.2) is 12.7 Å². The van der Waals surface area contributed by atoms with Crippen molar-refractivity contribution in [3.63, 3.8) is 0 Å². The van der Waals surface area contributed by atoms with Crippen molar-refractivity contribution < 1.29 is 9.47 Å². The quantitative estimate of drug-likeness (QED) is 0.787. The highest BCUT2D eigenvalue weighted by Gasteiger charge is 2.32. The van der Waals surface area contributed by atoms with E-state index in [1.54, 1.807) is 7.11 Å². The molecule has 0 N–H and O–H groups in total. The number of benzene rings is 1. The third-order valence-electron chi connectivity index (χ3n) is 3.46. The summed E-state index contributed by atoms with van der Waals surface area (Å²) in [6.45, 7) is 8.52. The number of ether oxygens (including phenoxy) is 2. The molecule has 1 saturated carbocycles. The van der Waals surface area contributed by atoms with Gasteiger partial charge in [0.15, 0.2) is 11.5 Å². The number of methoxy groups -OCH3 is 1. The Hall–Kier alpha value is -1.18. The van der Waals surface area contributed by atoms with Gasteiger partial charge in [0.2, 0.25) is 0 Å². The van der Waals surface area contributed by atoms with Crippen molar-refractivity contribution in [3.05, 3.63) is 23.8 Å². The zero-order valence-corrected chi connectivity index (χ0v) is 12.1. The minimum Gasteiger partial charge on any atom is -0.493 e. The van der Waals surface area contributed by atoms with Gasteiger partial charge in [0.25, 0.3) is 0 Å². The number of hydrogen-bond donors (Lipinski definition) is 0. The first-order valence-corrected chi connectivity index (χ1v) is 6.78. The first-order valence-electron chi connectivity index (χ1n) is 6.78. The zero-order valence-electron chi connectivity index (χ0n) is 12.1. The van der Waals surface area contributed by atoms with Gasteiger partial charge < -0.3 is 9.47 Å². The van der Waals surface area contributed by atoms with Crippen molar-refractivity contribution in [1.29, 1.82) is 0 Å². The van der Waals surface area contributed by atoms with Gasteiger partial charge in [-0.25, -0.2) is 0 Å². The SMILES string of the molecule is COc1cccc([C@H](C)C2CC2)c1OC(C)(C)C. The Balaban J connectivity index is 2.37. The van der Waals surface area contributed by atoms with E-state index in [2.05, 4.69) is 39.8 Å². The molecule has 18 heavy (non-hydrogen) atoms. The van der Waals surface area contributed by atoms with E-state index in [0.717, 1.165) is 17.4 Å². The molecule has 2 heteroatoms. The molecule has 100 valence electrons. The van der Waals surface area contributed by atoms with E-state index in [4.69, 9.17) is 9.47 Å². The Bertz CT molecular complexity index is 414. The lowest BCUT2D eigenvalue weighted by molar-refractivity contribution is 0.123. The van der Waals surface area contributed by atoms with Crippen LogP contribution in [0, 0.1) is 5.92 Å². The van der Waals surface area contributed by atoms with Crippen LogP contribution in [0.25, 0.3) is 0 Å².